The SMILES string of the molecule is CCOc1cc(CC)cc(C(c2cc3cc(N)ccc3c(N)n2)c2nc(-c3cncc(OC)c3)c[nH]2)c1F.O=C(O)C(F)(F)F.O=C(O)C(F)(F)F. The molecule has 0 saturated heterocycles. The minimum Gasteiger partial charge on any atom is -0.495 e. The van der Waals surface area contributed by atoms with E-state index in [1.54, 1.807) is 37.8 Å². The largest absolute Gasteiger partial charge is 0.495 e. The van der Waals surface area contributed by atoms with E-state index in [9.17, 15) is 26.3 Å². The third-order valence-corrected chi connectivity index (χ3v) is 6.95. The Bertz CT molecular complexity index is 2010. The number of carboxylic acids is 2. The molecule has 5 rings (SSSR count). The highest BCUT2D eigenvalue weighted by Gasteiger charge is 2.39. The van der Waals surface area contributed by atoms with Gasteiger partial charge in [0.2, 0.25) is 0 Å². The van der Waals surface area contributed by atoms with Crippen molar-refractivity contribution in [1.82, 2.24) is 19.9 Å². The number of H-pyrrole nitrogens is 1. The van der Waals surface area contributed by atoms with Gasteiger partial charge in [-0.3, -0.25) is 4.98 Å². The van der Waals surface area contributed by atoms with E-state index in [1.807, 2.05) is 44.2 Å². The molecule has 5 aromatic rings. The molecule has 12 nitrogen and oxygen atoms in total. The van der Waals surface area contributed by atoms with Crippen LogP contribution in [0.3, 0.4) is 0 Å². The average Bonchev–Trinajstić information content (AvgIpc) is 3.56. The lowest BCUT2D eigenvalue weighted by atomic mass is 9.90. The lowest BCUT2D eigenvalue weighted by Crippen LogP contribution is -2.21. The molecule has 1 unspecified atom stereocenters. The monoisotopic (exact) mass is 740 g/mol. The highest BCUT2D eigenvalue weighted by Crippen LogP contribution is 2.38. The Balaban J connectivity index is 0.000000441. The number of nitrogen functional groups attached to an aromatic ring is 2. The fourth-order valence-corrected chi connectivity index (χ4v) is 4.58. The van der Waals surface area contributed by atoms with Crippen molar-refractivity contribution in [2.75, 3.05) is 25.2 Å². The second-order valence-electron chi connectivity index (χ2n) is 10.5. The molecule has 0 spiro atoms. The van der Waals surface area contributed by atoms with Crippen molar-refractivity contribution < 1.29 is 60.0 Å². The summed E-state index contributed by atoms with van der Waals surface area (Å²) in [5.74, 6) is -5.08. The van der Waals surface area contributed by atoms with E-state index >= 15 is 4.39 Å². The van der Waals surface area contributed by atoms with Crippen LogP contribution in [0.4, 0.5) is 42.2 Å². The van der Waals surface area contributed by atoms with Gasteiger partial charge in [0.1, 0.15) is 17.4 Å². The highest BCUT2D eigenvalue weighted by molar-refractivity contribution is 5.93. The van der Waals surface area contributed by atoms with E-state index in [2.05, 4.69) is 9.97 Å². The van der Waals surface area contributed by atoms with Crippen molar-refractivity contribution in [3.8, 4) is 22.8 Å². The topological polar surface area (TPSA) is 200 Å². The minimum atomic E-state index is -5.08. The molecular weight excluding hydrogens is 709 g/mol. The van der Waals surface area contributed by atoms with Crippen LogP contribution < -0.4 is 20.9 Å². The third-order valence-electron chi connectivity index (χ3n) is 6.95. The molecule has 3 aromatic heterocycles. The number of halogens is 7. The molecule has 3 heterocycles. The number of hydrogen-bond donors (Lipinski definition) is 5. The van der Waals surface area contributed by atoms with Gasteiger partial charge in [0.15, 0.2) is 11.6 Å². The number of rotatable bonds is 8. The number of aromatic nitrogens is 4. The number of benzene rings is 2. The maximum Gasteiger partial charge on any atom is 0.490 e. The lowest BCUT2D eigenvalue weighted by Gasteiger charge is -2.20. The van der Waals surface area contributed by atoms with Crippen molar-refractivity contribution in [1.29, 1.82) is 0 Å². The van der Waals surface area contributed by atoms with Crippen LogP contribution in [-0.4, -0.2) is 68.2 Å². The number of carboxylic acid groups (broad SMARTS) is 2. The van der Waals surface area contributed by atoms with Gasteiger partial charge in [-0.1, -0.05) is 13.0 Å². The summed E-state index contributed by atoms with van der Waals surface area (Å²) < 4.78 is 90.5. The number of fused-ring (bicyclic) bond motifs is 1. The lowest BCUT2D eigenvalue weighted by molar-refractivity contribution is -0.193. The molecule has 19 heteroatoms. The van der Waals surface area contributed by atoms with E-state index in [1.165, 1.54) is 0 Å². The number of nitrogens with zero attached hydrogens (tertiary/aromatic N) is 3. The zero-order chi connectivity index (χ0) is 39.0. The first kappa shape index (κ1) is 40.3. The highest BCUT2D eigenvalue weighted by atomic mass is 19.4. The average molecular weight is 741 g/mol. The number of ether oxygens (including phenoxy) is 2. The molecule has 0 aliphatic rings. The van der Waals surface area contributed by atoms with Gasteiger partial charge < -0.3 is 36.1 Å². The maximum atomic E-state index is 16.0. The number of nitrogens with one attached hydrogen (secondary N) is 1. The predicted octanol–water partition coefficient (Wildman–Crippen LogP) is 6.74. The van der Waals surface area contributed by atoms with Crippen molar-refractivity contribution >= 4 is 34.2 Å². The van der Waals surface area contributed by atoms with Gasteiger partial charge in [-0.2, -0.15) is 26.3 Å². The normalized spacial score (nSPS) is 11.8. The van der Waals surface area contributed by atoms with Crippen LogP contribution in [0.15, 0.2) is 61.1 Å². The van der Waals surface area contributed by atoms with Crippen molar-refractivity contribution in [3.05, 3.63) is 89.5 Å². The second kappa shape index (κ2) is 16.7. The smallest absolute Gasteiger partial charge is 0.490 e. The molecule has 0 fully saturated rings. The summed E-state index contributed by atoms with van der Waals surface area (Å²) in [6, 6.07) is 12.7. The Labute approximate surface area is 290 Å². The number of methoxy groups -OCH3 is 1. The molecular formula is C33H31F7N6O6. The Hall–Kier alpha value is -6.14. The molecule has 0 amide bonds. The summed E-state index contributed by atoms with van der Waals surface area (Å²) in [4.78, 5) is 34.8. The summed E-state index contributed by atoms with van der Waals surface area (Å²) in [5.41, 5.74) is 16.2. The second-order valence-corrected chi connectivity index (χ2v) is 10.5. The number of imidazole rings is 1. The zero-order valence-electron chi connectivity index (χ0n) is 27.4. The first-order chi connectivity index (χ1) is 24.3. The standard InChI is InChI=1S/C29H29FN6O2.2C2HF3O2/c1-4-16-8-22(27(30)25(9-16)38-5-2)26(23-12-17-10-19(31)6-7-21(17)28(32)35-23)29-34-15-24(36-29)18-11-20(37-3)14-33-13-18;2*3-2(4,5)1(6)7/h6-15,26H,4-5,31H2,1-3H3,(H2,32,35)(H,34,36);2*(H,6,7). The number of anilines is 2. The maximum absolute atomic E-state index is 16.0. The van der Waals surface area contributed by atoms with Gasteiger partial charge in [-0.15, -0.1) is 0 Å². The van der Waals surface area contributed by atoms with Crippen molar-refractivity contribution in [2.24, 2.45) is 0 Å². The molecule has 52 heavy (non-hydrogen) atoms. The summed E-state index contributed by atoms with van der Waals surface area (Å²) in [5, 5.41) is 15.8. The first-order valence-electron chi connectivity index (χ1n) is 14.9. The molecule has 278 valence electrons. The van der Waals surface area contributed by atoms with Crippen LogP contribution in [0.5, 0.6) is 11.5 Å². The van der Waals surface area contributed by atoms with Crippen molar-refractivity contribution in [2.45, 2.75) is 38.5 Å². The van der Waals surface area contributed by atoms with Crippen LogP contribution in [0.2, 0.25) is 0 Å². The van der Waals surface area contributed by atoms with Gasteiger partial charge in [0.05, 0.1) is 37.2 Å². The number of aromatic amines is 1. The summed E-state index contributed by atoms with van der Waals surface area (Å²) in [7, 11) is 1.58. The number of aliphatic carboxylic acids is 2. The van der Waals surface area contributed by atoms with Gasteiger partial charge in [-0.05, 0) is 60.7 Å². The Morgan fingerprint density at radius 3 is 2.12 bits per heavy atom. The number of pyridine rings is 2. The van der Waals surface area contributed by atoms with E-state index in [-0.39, 0.29) is 5.75 Å². The Morgan fingerprint density at radius 2 is 1.56 bits per heavy atom. The zero-order valence-corrected chi connectivity index (χ0v) is 27.4. The van der Waals surface area contributed by atoms with Gasteiger partial charge in [0.25, 0.3) is 0 Å². The molecule has 0 bridgehead atoms. The van der Waals surface area contributed by atoms with Crippen LogP contribution in [0.1, 0.15) is 42.4 Å². The number of hydrogen-bond acceptors (Lipinski definition) is 9. The molecule has 0 saturated carbocycles. The molecule has 2 aromatic carbocycles. The fourth-order valence-electron chi connectivity index (χ4n) is 4.58. The van der Waals surface area contributed by atoms with E-state index in [0.29, 0.717) is 53.1 Å². The van der Waals surface area contributed by atoms with Gasteiger partial charge >= 0.3 is 24.3 Å². The fraction of sp³-hybridized carbons (Fsp3) is 0.242. The number of alkyl halides is 6. The quantitative estimate of drug-likeness (QED) is 0.0834. The minimum absolute atomic E-state index is 0.189. The van der Waals surface area contributed by atoms with E-state index < -0.39 is 36.0 Å². The van der Waals surface area contributed by atoms with Gasteiger partial charge in [-0.25, -0.2) is 23.9 Å². The van der Waals surface area contributed by atoms with Crippen LogP contribution in [0, 0.1) is 5.82 Å². The Kier molecular flexibility index (Phi) is 12.9. The number of nitrogens with two attached hydrogens (primary N) is 2. The molecule has 0 radical (unpaired) electrons. The summed E-state index contributed by atoms with van der Waals surface area (Å²) in [6.07, 6.45) is -4.40. The predicted molar refractivity (Wildman–Crippen MR) is 174 cm³/mol. The summed E-state index contributed by atoms with van der Waals surface area (Å²) >= 11 is 0. The van der Waals surface area contributed by atoms with Crippen molar-refractivity contribution in [3.63, 3.8) is 0 Å². The van der Waals surface area contributed by atoms with Gasteiger partial charge in [0, 0.05) is 34.6 Å². The molecule has 7 N–H and O–H groups in total. The number of aryl methyl sites for hydroxylation is 1. The van der Waals surface area contributed by atoms with Crippen LogP contribution >= 0.6 is 0 Å². The number of carbonyl (C=O) groups is 2. The molecule has 0 aliphatic carbocycles. The van der Waals surface area contributed by atoms with E-state index in [4.69, 9.17) is 50.7 Å². The first-order valence-corrected chi connectivity index (χ1v) is 14.9. The van der Waals surface area contributed by atoms with E-state index in [0.717, 1.165) is 21.9 Å². The Morgan fingerprint density at radius 1 is 0.923 bits per heavy atom. The summed E-state index contributed by atoms with van der Waals surface area (Å²) in [6.45, 7) is 4.17. The molecule has 1 atom stereocenters. The molecule has 0 aliphatic heterocycles. The van der Waals surface area contributed by atoms with Crippen LogP contribution in [-0.2, 0) is 16.0 Å². The third kappa shape index (κ3) is 10.2. The van der Waals surface area contributed by atoms with Crippen LogP contribution in [0.25, 0.3) is 22.0 Å².